The van der Waals surface area contributed by atoms with Crippen LogP contribution < -0.4 is 14.2 Å². The summed E-state index contributed by atoms with van der Waals surface area (Å²) in [6, 6.07) is 12.9. The monoisotopic (exact) mass is 398 g/mol. The minimum absolute atomic E-state index is 0.308. The number of aliphatic carboxylic acids is 1. The highest BCUT2D eigenvalue weighted by Gasteiger charge is 2.14. The molecule has 0 aliphatic carbocycles. The molecule has 0 unspecified atom stereocenters. The molecule has 7 heteroatoms. The van der Waals surface area contributed by atoms with E-state index >= 15 is 0 Å². The van der Waals surface area contributed by atoms with Gasteiger partial charge in [-0.15, -0.1) is 0 Å². The standard InChI is InChI=1S/C22H26N2O5/c1-4-27-16-6-5-7-17(10-16)28-13-21-23-19-9-8-18(29-14-22(25)26)11-20(19)24(21)12-15(2)3/h5-11,15H,4,12-14H2,1-3H3,(H,25,26). The van der Waals surface area contributed by atoms with E-state index in [2.05, 4.69) is 18.4 Å². The van der Waals surface area contributed by atoms with Crippen molar-refractivity contribution >= 4 is 17.0 Å². The van der Waals surface area contributed by atoms with Crippen molar-refractivity contribution in [2.75, 3.05) is 13.2 Å². The maximum atomic E-state index is 10.8. The zero-order chi connectivity index (χ0) is 20.8. The third-order valence-corrected chi connectivity index (χ3v) is 4.19. The van der Waals surface area contributed by atoms with E-state index < -0.39 is 5.97 Å². The fraction of sp³-hybridized carbons (Fsp3) is 0.364. The number of hydrogen-bond donors (Lipinski definition) is 1. The molecule has 1 N–H and O–H groups in total. The van der Waals surface area contributed by atoms with E-state index in [4.69, 9.17) is 24.3 Å². The summed E-state index contributed by atoms with van der Waals surface area (Å²) in [6.07, 6.45) is 0. The lowest BCUT2D eigenvalue weighted by atomic mass is 10.2. The number of fused-ring (bicyclic) bond motifs is 1. The molecule has 3 rings (SSSR count). The number of benzene rings is 2. The number of imidazole rings is 1. The van der Waals surface area contributed by atoms with Crippen LogP contribution in [0.3, 0.4) is 0 Å². The summed E-state index contributed by atoms with van der Waals surface area (Å²) >= 11 is 0. The molecule has 7 nitrogen and oxygen atoms in total. The SMILES string of the molecule is CCOc1cccc(OCc2nc3ccc(OCC(=O)O)cc3n2CC(C)C)c1. The van der Waals surface area contributed by atoms with Crippen molar-refractivity contribution in [2.24, 2.45) is 5.92 Å². The zero-order valence-electron chi connectivity index (χ0n) is 16.9. The summed E-state index contributed by atoms with van der Waals surface area (Å²) in [5, 5.41) is 8.83. The Morgan fingerprint density at radius 1 is 1.07 bits per heavy atom. The molecule has 0 spiro atoms. The highest BCUT2D eigenvalue weighted by atomic mass is 16.5. The average molecular weight is 398 g/mol. The van der Waals surface area contributed by atoms with E-state index in [-0.39, 0.29) is 6.61 Å². The molecular weight excluding hydrogens is 372 g/mol. The van der Waals surface area contributed by atoms with E-state index in [0.29, 0.717) is 30.6 Å². The predicted molar refractivity (Wildman–Crippen MR) is 110 cm³/mol. The maximum absolute atomic E-state index is 10.8. The summed E-state index contributed by atoms with van der Waals surface area (Å²) in [5.41, 5.74) is 1.71. The third kappa shape index (κ3) is 5.40. The molecule has 2 aromatic carbocycles. The third-order valence-electron chi connectivity index (χ3n) is 4.19. The normalized spacial score (nSPS) is 11.0. The Labute approximate surface area is 169 Å². The number of carbonyl (C=O) groups is 1. The molecule has 154 valence electrons. The van der Waals surface area contributed by atoms with E-state index in [9.17, 15) is 4.79 Å². The lowest BCUT2D eigenvalue weighted by molar-refractivity contribution is -0.139. The molecule has 29 heavy (non-hydrogen) atoms. The second-order valence-electron chi connectivity index (χ2n) is 7.06. The molecule has 0 saturated carbocycles. The Kier molecular flexibility index (Phi) is 6.59. The Bertz CT molecular complexity index is 980. The van der Waals surface area contributed by atoms with Crippen LogP contribution >= 0.6 is 0 Å². The number of hydrogen-bond acceptors (Lipinski definition) is 5. The second kappa shape index (κ2) is 9.32. The molecule has 1 heterocycles. The first kappa shape index (κ1) is 20.5. The first-order valence-electron chi connectivity index (χ1n) is 9.65. The van der Waals surface area contributed by atoms with Crippen molar-refractivity contribution in [3.05, 3.63) is 48.3 Å². The maximum Gasteiger partial charge on any atom is 0.341 e. The number of carboxylic acid groups (broad SMARTS) is 1. The molecule has 0 aliphatic rings. The number of aromatic nitrogens is 2. The van der Waals surface area contributed by atoms with Gasteiger partial charge in [-0.05, 0) is 37.1 Å². The van der Waals surface area contributed by atoms with Gasteiger partial charge < -0.3 is 23.9 Å². The molecule has 3 aromatic rings. The highest BCUT2D eigenvalue weighted by molar-refractivity contribution is 5.78. The van der Waals surface area contributed by atoms with Gasteiger partial charge in [0.05, 0.1) is 17.6 Å². The largest absolute Gasteiger partial charge is 0.494 e. The summed E-state index contributed by atoms with van der Waals surface area (Å²) in [7, 11) is 0. The summed E-state index contributed by atoms with van der Waals surface area (Å²) in [5.74, 6) is 2.17. The van der Waals surface area contributed by atoms with E-state index in [0.717, 1.165) is 29.2 Å². The first-order chi connectivity index (χ1) is 14.0. The van der Waals surface area contributed by atoms with Crippen molar-refractivity contribution in [1.29, 1.82) is 0 Å². The number of nitrogens with zero attached hydrogens (tertiary/aromatic N) is 2. The number of ether oxygens (including phenoxy) is 3. The average Bonchev–Trinajstić information content (AvgIpc) is 3.01. The van der Waals surface area contributed by atoms with Crippen LogP contribution in [0.4, 0.5) is 0 Å². The minimum Gasteiger partial charge on any atom is -0.494 e. The van der Waals surface area contributed by atoms with E-state index in [1.54, 1.807) is 6.07 Å². The first-order valence-corrected chi connectivity index (χ1v) is 9.65. The van der Waals surface area contributed by atoms with Gasteiger partial charge in [-0.25, -0.2) is 9.78 Å². The Hall–Kier alpha value is -3.22. The lowest BCUT2D eigenvalue weighted by Crippen LogP contribution is -2.11. The van der Waals surface area contributed by atoms with Gasteiger partial charge in [0.1, 0.15) is 29.7 Å². The van der Waals surface area contributed by atoms with Crippen LogP contribution in [0.1, 0.15) is 26.6 Å². The lowest BCUT2D eigenvalue weighted by Gasteiger charge is -2.13. The van der Waals surface area contributed by atoms with Gasteiger partial charge in [0.25, 0.3) is 0 Å². The quantitative estimate of drug-likeness (QED) is 0.553. The molecule has 1 aromatic heterocycles. The molecule has 0 radical (unpaired) electrons. The van der Waals surface area contributed by atoms with Crippen molar-refractivity contribution in [1.82, 2.24) is 9.55 Å². The van der Waals surface area contributed by atoms with E-state index in [1.807, 2.05) is 43.3 Å². The summed E-state index contributed by atoms with van der Waals surface area (Å²) < 4.78 is 18.9. The molecule has 0 fully saturated rings. The molecule has 0 aliphatic heterocycles. The number of rotatable bonds is 10. The molecule has 0 saturated heterocycles. The molecular formula is C22H26N2O5. The highest BCUT2D eigenvalue weighted by Crippen LogP contribution is 2.25. The van der Waals surface area contributed by atoms with Crippen LogP contribution in [0.2, 0.25) is 0 Å². The van der Waals surface area contributed by atoms with Gasteiger partial charge >= 0.3 is 5.97 Å². The topological polar surface area (TPSA) is 82.8 Å². The minimum atomic E-state index is -1.01. The van der Waals surface area contributed by atoms with Crippen molar-refractivity contribution in [2.45, 2.75) is 33.9 Å². The predicted octanol–water partition coefficient (Wildman–Crippen LogP) is 4.13. The Morgan fingerprint density at radius 3 is 2.48 bits per heavy atom. The van der Waals surface area contributed by atoms with Gasteiger partial charge in [-0.2, -0.15) is 0 Å². The Balaban J connectivity index is 1.85. The molecule has 0 amide bonds. The fourth-order valence-electron chi connectivity index (χ4n) is 3.03. The van der Waals surface area contributed by atoms with Gasteiger partial charge in [0, 0.05) is 18.7 Å². The number of carboxylic acids is 1. The van der Waals surface area contributed by atoms with Crippen LogP contribution in [0, 0.1) is 5.92 Å². The van der Waals surface area contributed by atoms with Crippen molar-refractivity contribution < 1.29 is 24.1 Å². The van der Waals surface area contributed by atoms with Crippen LogP contribution in [0.5, 0.6) is 17.2 Å². The summed E-state index contributed by atoms with van der Waals surface area (Å²) in [4.78, 5) is 15.5. The van der Waals surface area contributed by atoms with Crippen LogP contribution in [0.15, 0.2) is 42.5 Å². The van der Waals surface area contributed by atoms with Crippen molar-refractivity contribution in [3.63, 3.8) is 0 Å². The smallest absolute Gasteiger partial charge is 0.341 e. The van der Waals surface area contributed by atoms with Crippen LogP contribution in [0.25, 0.3) is 11.0 Å². The Morgan fingerprint density at radius 2 is 1.79 bits per heavy atom. The molecule has 0 atom stereocenters. The van der Waals surface area contributed by atoms with Gasteiger partial charge in [-0.3, -0.25) is 0 Å². The van der Waals surface area contributed by atoms with Gasteiger partial charge in [0.2, 0.25) is 0 Å². The van der Waals surface area contributed by atoms with Gasteiger partial charge in [-0.1, -0.05) is 19.9 Å². The summed E-state index contributed by atoms with van der Waals surface area (Å²) in [6.45, 7) is 7.49. The second-order valence-corrected chi connectivity index (χ2v) is 7.06. The van der Waals surface area contributed by atoms with Crippen LogP contribution in [-0.2, 0) is 17.9 Å². The molecule has 0 bridgehead atoms. The van der Waals surface area contributed by atoms with E-state index in [1.165, 1.54) is 0 Å². The van der Waals surface area contributed by atoms with Gasteiger partial charge in [0.15, 0.2) is 6.61 Å². The fourth-order valence-corrected chi connectivity index (χ4v) is 3.03. The zero-order valence-corrected chi connectivity index (χ0v) is 16.9. The van der Waals surface area contributed by atoms with Crippen LogP contribution in [-0.4, -0.2) is 33.8 Å². The van der Waals surface area contributed by atoms with Crippen molar-refractivity contribution in [3.8, 4) is 17.2 Å².